The number of amides is 3. The van der Waals surface area contributed by atoms with Crippen LogP contribution in [0.15, 0.2) is 6.20 Å². The number of nitrogens with zero attached hydrogens (tertiary/aromatic N) is 4. The van der Waals surface area contributed by atoms with Gasteiger partial charge >= 0.3 is 6.03 Å². The Bertz CT molecular complexity index is 602. The summed E-state index contributed by atoms with van der Waals surface area (Å²) in [4.78, 5) is 36.1. The first-order chi connectivity index (χ1) is 10.5. The van der Waals surface area contributed by atoms with E-state index in [1.54, 1.807) is 0 Å². The second kappa shape index (κ2) is 6.00. The molecule has 0 unspecified atom stereocenters. The molecule has 118 valence electrons. The van der Waals surface area contributed by atoms with Crippen LogP contribution in [0.1, 0.15) is 36.8 Å². The largest absolute Gasteiger partial charge is 0.336 e. The summed E-state index contributed by atoms with van der Waals surface area (Å²) in [5, 5.41) is 2.65. The summed E-state index contributed by atoms with van der Waals surface area (Å²) in [7, 11) is 0. The van der Waals surface area contributed by atoms with Gasteiger partial charge in [0, 0.05) is 38.3 Å². The molecule has 3 heterocycles. The standard InChI is InChI=1S/C15H21N5O2/c1-10(2)14-17-7-11-3-5-19(8-12(11)18-14)9-13(21)20-6-4-16-15(20)22/h7,10H,3-6,8-9H2,1-2H3,(H,16,22). The molecule has 3 rings (SSSR count). The lowest BCUT2D eigenvalue weighted by Gasteiger charge is -2.28. The van der Waals surface area contributed by atoms with Crippen molar-refractivity contribution in [1.29, 1.82) is 0 Å². The Morgan fingerprint density at radius 1 is 1.41 bits per heavy atom. The molecule has 0 radical (unpaired) electrons. The minimum absolute atomic E-state index is 0.142. The zero-order chi connectivity index (χ0) is 15.7. The molecule has 3 amide bonds. The van der Waals surface area contributed by atoms with Gasteiger partial charge in [-0.3, -0.25) is 14.6 Å². The maximum absolute atomic E-state index is 12.2. The van der Waals surface area contributed by atoms with E-state index in [4.69, 9.17) is 0 Å². The third-order valence-corrected chi connectivity index (χ3v) is 4.08. The van der Waals surface area contributed by atoms with E-state index in [0.29, 0.717) is 19.6 Å². The van der Waals surface area contributed by atoms with Gasteiger partial charge in [0.25, 0.3) is 0 Å². The molecule has 1 aromatic rings. The van der Waals surface area contributed by atoms with E-state index in [0.717, 1.165) is 30.0 Å². The summed E-state index contributed by atoms with van der Waals surface area (Å²) in [5.41, 5.74) is 2.16. The van der Waals surface area contributed by atoms with Crippen molar-refractivity contribution >= 4 is 11.9 Å². The average molecular weight is 303 g/mol. The average Bonchev–Trinajstić information content (AvgIpc) is 2.92. The lowest BCUT2D eigenvalue weighted by atomic mass is 10.1. The minimum Gasteiger partial charge on any atom is -0.336 e. The molecule has 1 saturated heterocycles. The van der Waals surface area contributed by atoms with Crippen molar-refractivity contribution in [2.45, 2.75) is 32.7 Å². The smallest absolute Gasteiger partial charge is 0.324 e. The van der Waals surface area contributed by atoms with Crippen molar-refractivity contribution in [2.75, 3.05) is 26.2 Å². The topological polar surface area (TPSA) is 78.4 Å². The van der Waals surface area contributed by atoms with Gasteiger partial charge in [-0.05, 0) is 12.0 Å². The van der Waals surface area contributed by atoms with Crippen molar-refractivity contribution in [3.8, 4) is 0 Å². The summed E-state index contributed by atoms with van der Waals surface area (Å²) >= 11 is 0. The highest BCUT2D eigenvalue weighted by molar-refractivity contribution is 5.96. The molecule has 7 nitrogen and oxygen atoms in total. The third kappa shape index (κ3) is 2.94. The quantitative estimate of drug-likeness (QED) is 0.880. The number of nitrogens with one attached hydrogen (secondary N) is 1. The maximum atomic E-state index is 12.2. The summed E-state index contributed by atoms with van der Waals surface area (Å²) in [6.07, 6.45) is 2.75. The number of carbonyl (C=O) groups excluding carboxylic acids is 2. The second-order valence-electron chi connectivity index (χ2n) is 6.09. The van der Waals surface area contributed by atoms with Gasteiger partial charge < -0.3 is 5.32 Å². The molecule has 22 heavy (non-hydrogen) atoms. The molecule has 2 aliphatic heterocycles. The predicted octanol–water partition coefficient (Wildman–Crippen LogP) is 0.510. The highest BCUT2D eigenvalue weighted by Crippen LogP contribution is 2.19. The molecule has 2 aliphatic rings. The second-order valence-corrected chi connectivity index (χ2v) is 6.09. The van der Waals surface area contributed by atoms with Crippen molar-refractivity contribution in [3.05, 3.63) is 23.3 Å². The number of carbonyl (C=O) groups is 2. The van der Waals surface area contributed by atoms with Crippen LogP contribution in [0, 0.1) is 0 Å². The van der Waals surface area contributed by atoms with Crippen LogP contribution in [0.25, 0.3) is 0 Å². The monoisotopic (exact) mass is 303 g/mol. The Hall–Kier alpha value is -2.02. The molecule has 1 fully saturated rings. The van der Waals surface area contributed by atoms with Gasteiger partial charge in [-0.1, -0.05) is 13.8 Å². The fraction of sp³-hybridized carbons (Fsp3) is 0.600. The Kier molecular flexibility index (Phi) is 4.06. The molecule has 0 spiro atoms. The molecule has 1 aromatic heterocycles. The summed E-state index contributed by atoms with van der Waals surface area (Å²) in [6.45, 7) is 6.82. The van der Waals surface area contributed by atoms with Crippen LogP contribution >= 0.6 is 0 Å². The predicted molar refractivity (Wildman–Crippen MR) is 80.2 cm³/mol. The van der Waals surface area contributed by atoms with Crippen LogP contribution in [0.3, 0.4) is 0 Å². The first kappa shape index (κ1) is 14.9. The lowest BCUT2D eigenvalue weighted by Crippen LogP contribution is -2.43. The van der Waals surface area contributed by atoms with Gasteiger partial charge in [-0.25, -0.2) is 14.8 Å². The van der Waals surface area contributed by atoms with Crippen LogP contribution in [0.2, 0.25) is 0 Å². The van der Waals surface area contributed by atoms with Crippen molar-refractivity contribution in [1.82, 2.24) is 25.1 Å². The first-order valence-corrected chi connectivity index (χ1v) is 7.70. The SMILES string of the molecule is CC(C)c1ncc2c(n1)CN(CC(=O)N1CCNC1=O)CC2. The highest BCUT2D eigenvalue weighted by Gasteiger charge is 2.28. The van der Waals surface area contributed by atoms with Gasteiger partial charge in [0.2, 0.25) is 5.91 Å². The van der Waals surface area contributed by atoms with Gasteiger partial charge in [-0.2, -0.15) is 0 Å². The van der Waals surface area contributed by atoms with Crippen LogP contribution in [0.5, 0.6) is 0 Å². The number of urea groups is 1. The number of rotatable bonds is 3. The number of hydrogen-bond acceptors (Lipinski definition) is 5. The molecule has 0 aromatic carbocycles. The number of hydrogen-bond donors (Lipinski definition) is 1. The summed E-state index contributed by atoms with van der Waals surface area (Å²) < 4.78 is 0. The van der Waals surface area contributed by atoms with Crippen molar-refractivity contribution in [2.24, 2.45) is 0 Å². The van der Waals surface area contributed by atoms with Gasteiger partial charge in [0.1, 0.15) is 5.82 Å². The van der Waals surface area contributed by atoms with E-state index in [1.165, 1.54) is 4.90 Å². The van der Waals surface area contributed by atoms with Gasteiger partial charge in [-0.15, -0.1) is 0 Å². The molecule has 0 bridgehead atoms. The summed E-state index contributed by atoms with van der Waals surface area (Å²) in [5.74, 6) is 0.984. The van der Waals surface area contributed by atoms with Crippen LogP contribution in [0.4, 0.5) is 4.79 Å². The van der Waals surface area contributed by atoms with Crippen LogP contribution in [-0.4, -0.2) is 57.9 Å². The third-order valence-electron chi connectivity index (χ3n) is 4.08. The molecule has 7 heteroatoms. The van der Waals surface area contributed by atoms with E-state index >= 15 is 0 Å². The Morgan fingerprint density at radius 2 is 2.23 bits per heavy atom. The molecule has 0 atom stereocenters. The lowest BCUT2D eigenvalue weighted by molar-refractivity contribution is -0.129. The van der Waals surface area contributed by atoms with E-state index < -0.39 is 0 Å². The van der Waals surface area contributed by atoms with Crippen LogP contribution < -0.4 is 5.32 Å². The molecule has 0 saturated carbocycles. The summed E-state index contributed by atoms with van der Waals surface area (Å²) in [6, 6.07) is -0.285. The number of aromatic nitrogens is 2. The van der Waals surface area contributed by atoms with E-state index in [-0.39, 0.29) is 24.4 Å². The molecular weight excluding hydrogens is 282 g/mol. The molecule has 1 N–H and O–H groups in total. The Balaban J connectivity index is 1.67. The van der Waals surface area contributed by atoms with E-state index in [2.05, 4.69) is 29.1 Å². The fourth-order valence-electron chi connectivity index (χ4n) is 2.77. The molecular formula is C15H21N5O2. The van der Waals surface area contributed by atoms with E-state index in [9.17, 15) is 9.59 Å². The van der Waals surface area contributed by atoms with Gasteiger partial charge in [0.05, 0.1) is 12.2 Å². The first-order valence-electron chi connectivity index (χ1n) is 7.70. The Morgan fingerprint density at radius 3 is 2.91 bits per heavy atom. The van der Waals surface area contributed by atoms with E-state index in [1.807, 2.05) is 11.1 Å². The van der Waals surface area contributed by atoms with Crippen molar-refractivity contribution in [3.63, 3.8) is 0 Å². The minimum atomic E-state index is -0.285. The number of imide groups is 1. The van der Waals surface area contributed by atoms with Crippen molar-refractivity contribution < 1.29 is 9.59 Å². The Labute approximate surface area is 129 Å². The number of fused-ring (bicyclic) bond motifs is 1. The highest BCUT2D eigenvalue weighted by atomic mass is 16.2. The zero-order valence-electron chi connectivity index (χ0n) is 13.0. The maximum Gasteiger partial charge on any atom is 0.324 e. The normalized spacial score (nSPS) is 18.5. The fourth-order valence-corrected chi connectivity index (χ4v) is 2.77. The van der Waals surface area contributed by atoms with Gasteiger partial charge in [0.15, 0.2) is 0 Å². The van der Waals surface area contributed by atoms with Crippen LogP contribution in [-0.2, 0) is 17.8 Å². The molecule has 0 aliphatic carbocycles. The zero-order valence-corrected chi connectivity index (χ0v) is 13.0.